The summed E-state index contributed by atoms with van der Waals surface area (Å²) in [5, 5.41) is 29.5. The number of carboxylic acid groups (broad SMARTS) is 2. The summed E-state index contributed by atoms with van der Waals surface area (Å²) in [7, 11) is 0. The van der Waals surface area contributed by atoms with Gasteiger partial charge in [-0.05, 0) is 49.2 Å². The molecule has 15 nitrogen and oxygen atoms in total. The maximum atomic E-state index is 13.3. The van der Waals surface area contributed by atoms with Crippen molar-refractivity contribution in [1.29, 1.82) is 0 Å². The zero-order chi connectivity index (χ0) is 39.5. The molecule has 51 heavy (non-hydrogen) atoms. The normalized spacial score (nSPS) is 14.0. The molecule has 0 spiro atoms. The smallest absolute Gasteiger partial charge is 0.480 e. The summed E-state index contributed by atoms with van der Waals surface area (Å²) in [6, 6.07) is 4.05. The Balaban J connectivity index is 0.00000321. The fourth-order valence-corrected chi connectivity index (χ4v) is 4.61. The lowest BCUT2D eigenvalue weighted by Crippen LogP contribution is -2.58. The summed E-state index contributed by atoms with van der Waals surface area (Å²) in [4.78, 5) is 84.8. The predicted molar refractivity (Wildman–Crippen MR) is 183 cm³/mol. The first-order chi connectivity index (χ1) is 23.6. The molecule has 0 aliphatic rings. The number of hydrogen-bond acceptors (Lipinski definition) is 9. The molecule has 0 aliphatic heterocycles. The van der Waals surface area contributed by atoms with Gasteiger partial charge in [-0.1, -0.05) is 58.0 Å². The zero-order valence-electron chi connectivity index (χ0n) is 29.3. The van der Waals surface area contributed by atoms with Gasteiger partial charge in [0.2, 0.25) is 29.5 Å². The highest BCUT2D eigenvalue weighted by Gasteiger charge is 2.38. The molecule has 0 aromatic heterocycles. The Morgan fingerprint density at radius 1 is 0.784 bits per heavy atom. The number of halogens is 3. The molecule has 5 atom stereocenters. The Kier molecular flexibility index (Phi) is 21.2. The number of rotatable bonds is 19. The molecular formula is C32H49F3N6O9S. The van der Waals surface area contributed by atoms with E-state index in [-0.39, 0.29) is 31.1 Å². The Morgan fingerprint density at radius 3 is 1.76 bits per heavy atom. The van der Waals surface area contributed by atoms with Crippen LogP contribution in [0, 0.1) is 11.8 Å². The molecule has 1 aromatic rings. The third-order valence-corrected chi connectivity index (χ3v) is 7.47. The van der Waals surface area contributed by atoms with Gasteiger partial charge in [-0.3, -0.25) is 24.0 Å². The van der Waals surface area contributed by atoms with E-state index in [1.165, 1.54) is 18.7 Å². The maximum absolute atomic E-state index is 13.3. The van der Waals surface area contributed by atoms with E-state index >= 15 is 0 Å². The summed E-state index contributed by atoms with van der Waals surface area (Å²) in [6.07, 6.45) is -2.61. The minimum atomic E-state index is -5.08. The van der Waals surface area contributed by atoms with E-state index in [1.807, 2.05) is 38.3 Å². The summed E-state index contributed by atoms with van der Waals surface area (Å²) in [5.41, 5.74) is 6.47. The third kappa shape index (κ3) is 19.6. The van der Waals surface area contributed by atoms with E-state index < -0.39 is 84.4 Å². The number of benzene rings is 1. The number of carboxylic acids is 2. The molecule has 9 N–H and O–H groups in total. The van der Waals surface area contributed by atoms with E-state index in [0.717, 1.165) is 5.56 Å². The molecule has 0 aliphatic carbocycles. The molecule has 0 radical (unpaired) electrons. The van der Waals surface area contributed by atoms with Crippen LogP contribution in [0.3, 0.4) is 0 Å². The van der Waals surface area contributed by atoms with Gasteiger partial charge in [0.1, 0.15) is 24.2 Å². The fraction of sp³-hybridized carbons (Fsp3) is 0.594. The van der Waals surface area contributed by atoms with Gasteiger partial charge < -0.3 is 42.5 Å². The molecule has 0 saturated carbocycles. The highest BCUT2D eigenvalue weighted by molar-refractivity contribution is 7.98. The number of aliphatic carboxylic acids is 2. The average molecular weight is 751 g/mol. The van der Waals surface area contributed by atoms with Gasteiger partial charge >= 0.3 is 18.1 Å². The molecule has 0 bridgehead atoms. The lowest BCUT2D eigenvalue weighted by molar-refractivity contribution is -0.192. The molecule has 5 amide bonds. The number of amides is 5. The third-order valence-electron chi connectivity index (χ3n) is 6.83. The van der Waals surface area contributed by atoms with Crippen molar-refractivity contribution < 1.29 is 56.9 Å². The molecule has 1 aromatic carbocycles. The van der Waals surface area contributed by atoms with Gasteiger partial charge in [-0.2, -0.15) is 24.9 Å². The van der Waals surface area contributed by atoms with E-state index in [0.29, 0.717) is 5.75 Å². The van der Waals surface area contributed by atoms with E-state index in [1.54, 1.807) is 26.0 Å². The van der Waals surface area contributed by atoms with Crippen LogP contribution in [0.25, 0.3) is 0 Å². The Hall–Kier alpha value is -4.39. The van der Waals surface area contributed by atoms with Crippen molar-refractivity contribution in [3.8, 4) is 0 Å². The molecule has 0 saturated heterocycles. The first-order valence-corrected chi connectivity index (χ1v) is 17.3. The Labute approximate surface area is 298 Å². The minimum absolute atomic E-state index is 0.00207. The summed E-state index contributed by atoms with van der Waals surface area (Å²) in [5.74, 6) is -6.80. The van der Waals surface area contributed by atoms with Crippen molar-refractivity contribution in [3.63, 3.8) is 0 Å². The number of thioether (sulfide) groups is 1. The standard InChI is InChI=1S/C30H48N6O7S.C2HF3O2/c1-17(2)14-22(27(39)34-21(30(42)43)12-13-44-6)33-24(37)16-32-29(41)25(18(3)4)36-28(40)23(35-26(38)19(5)31)15-20-10-8-7-9-11-20;3-2(4,5)1(6)7/h7-11,17-19,21-23,25H,12-16,31H2,1-6H3,(H,32,41)(H,33,37)(H,34,39)(H,35,38)(H,36,40)(H,42,43);(H,6,7). The second-order valence-corrected chi connectivity index (χ2v) is 13.2. The van der Waals surface area contributed by atoms with Gasteiger partial charge in [-0.25, -0.2) is 9.59 Å². The van der Waals surface area contributed by atoms with Crippen LogP contribution < -0.4 is 32.3 Å². The van der Waals surface area contributed by atoms with Gasteiger partial charge in [0, 0.05) is 6.42 Å². The van der Waals surface area contributed by atoms with Crippen LogP contribution in [0.4, 0.5) is 13.2 Å². The van der Waals surface area contributed by atoms with Gasteiger partial charge in [-0.15, -0.1) is 0 Å². The van der Waals surface area contributed by atoms with Crippen LogP contribution in [-0.2, 0) is 40.0 Å². The van der Waals surface area contributed by atoms with Crippen LogP contribution >= 0.6 is 11.8 Å². The molecule has 0 heterocycles. The molecular weight excluding hydrogens is 701 g/mol. The van der Waals surface area contributed by atoms with Crippen LogP contribution in [-0.4, -0.2) is 107 Å². The fourth-order valence-electron chi connectivity index (χ4n) is 4.14. The van der Waals surface area contributed by atoms with Crippen molar-refractivity contribution in [2.75, 3.05) is 18.6 Å². The van der Waals surface area contributed by atoms with E-state index in [2.05, 4.69) is 26.6 Å². The van der Waals surface area contributed by atoms with Gasteiger partial charge in [0.15, 0.2) is 0 Å². The highest BCUT2D eigenvalue weighted by Crippen LogP contribution is 2.13. The van der Waals surface area contributed by atoms with Crippen molar-refractivity contribution in [2.45, 2.75) is 90.3 Å². The van der Waals surface area contributed by atoms with Crippen LogP contribution in [0.1, 0.15) is 53.0 Å². The summed E-state index contributed by atoms with van der Waals surface area (Å²) < 4.78 is 31.7. The number of alkyl halides is 3. The van der Waals surface area contributed by atoms with Crippen molar-refractivity contribution >= 4 is 53.2 Å². The average Bonchev–Trinajstić information content (AvgIpc) is 3.03. The zero-order valence-corrected chi connectivity index (χ0v) is 30.2. The molecule has 19 heteroatoms. The SMILES string of the molecule is CSCCC(NC(=O)C(CC(C)C)NC(=O)CNC(=O)C(NC(=O)C(Cc1ccccc1)NC(=O)C(C)N)C(C)C)C(=O)O.O=C(O)C(F)(F)F. The van der Waals surface area contributed by atoms with E-state index in [9.17, 15) is 47.0 Å². The topological polar surface area (TPSA) is 246 Å². The van der Waals surface area contributed by atoms with E-state index in [4.69, 9.17) is 15.6 Å². The first kappa shape index (κ1) is 46.6. The number of carbonyl (C=O) groups is 7. The van der Waals surface area contributed by atoms with Crippen LogP contribution in [0.15, 0.2) is 30.3 Å². The summed E-state index contributed by atoms with van der Waals surface area (Å²) >= 11 is 1.45. The van der Waals surface area contributed by atoms with Gasteiger partial charge in [0.25, 0.3) is 0 Å². The summed E-state index contributed by atoms with van der Waals surface area (Å²) in [6.45, 7) is 8.16. The Bertz CT molecular complexity index is 1320. The quantitative estimate of drug-likeness (QED) is 0.0983. The molecule has 5 unspecified atom stereocenters. The van der Waals surface area contributed by atoms with Gasteiger partial charge in [0.05, 0.1) is 12.6 Å². The first-order valence-electron chi connectivity index (χ1n) is 15.9. The number of hydrogen-bond donors (Lipinski definition) is 8. The Morgan fingerprint density at radius 2 is 1.31 bits per heavy atom. The van der Waals surface area contributed by atoms with Crippen LogP contribution in [0.5, 0.6) is 0 Å². The second-order valence-electron chi connectivity index (χ2n) is 12.2. The molecule has 288 valence electrons. The van der Waals surface area contributed by atoms with Crippen molar-refractivity contribution in [1.82, 2.24) is 26.6 Å². The van der Waals surface area contributed by atoms with Crippen molar-refractivity contribution in [2.24, 2.45) is 17.6 Å². The predicted octanol–water partition coefficient (Wildman–Crippen LogP) is 0.805. The number of carbonyl (C=O) groups excluding carboxylic acids is 5. The maximum Gasteiger partial charge on any atom is 0.490 e. The molecule has 1 rings (SSSR count). The number of nitrogens with two attached hydrogens (primary N) is 1. The second kappa shape index (κ2) is 23.2. The lowest BCUT2D eigenvalue weighted by Gasteiger charge is -2.26. The minimum Gasteiger partial charge on any atom is -0.480 e. The monoisotopic (exact) mass is 750 g/mol. The van der Waals surface area contributed by atoms with Crippen LogP contribution in [0.2, 0.25) is 0 Å². The molecule has 0 fully saturated rings. The lowest BCUT2D eigenvalue weighted by atomic mass is 10.0. The largest absolute Gasteiger partial charge is 0.490 e. The van der Waals surface area contributed by atoms with Crippen molar-refractivity contribution in [3.05, 3.63) is 35.9 Å². The number of nitrogens with one attached hydrogen (secondary N) is 5. The highest BCUT2D eigenvalue weighted by atomic mass is 32.2.